The van der Waals surface area contributed by atoms with Gasteiger partial charge in [0.05, 0.1) is 12.6 Å². The number of aryl methyl sites for hydroxylation is 3. The predicted molar refractivity (Wildman–Crippen MR) is 76.1 cm³/mol. The van der Waals surface area contributed by atoms with E-state index in [-0.39, 0.29) is 17.9 Å². The number of carbonyl (C=O) groups is 1. The van der Waals surface area contributed by atoms with Crippen molar-refractivity contribution in [3.63, 3.8) is 0 Å². The molecule has 0 aliphatic rings. The molecule has 0 aliphatic carbocycles. The Balaban J connectivity index is 1.96. The molecule has 8 nitrogen and oxygen atoms in total. The summed E-state index contributed by atoms with van der Waals surface area (Å²) in [6.45, 7) is 6.40. The van der Waals surface area contributed by atoms with Crippen LogP contribution in [0.4, 0.5) is 0 Å². The number of hydrogen-bond donors (Lipinski definition) is 1. The van der Waals surface area contributed by atoms with Crippen LogP contribution < -0.4 is 5.32 Å². The number of rotatable bonds is 6. The van der Waals surface area contributed by atoms with Gasteiger partial charge < -0.3 is 9.88 Å². The van der Waals surface area contributed by atoms with E-state index >= 15 is 0 Å². The number of imidazole rings is 1. The second-order valence-corrected chi connectivity index (χ2v) is 5.38. The van der Waals surface area contributed by atoms with Crippen molar-refractivity contribution in [2.45, 2.75) is 39.8 Å². The first kappa shape index (κ1) is 15.1. The fourth-order valence-corrected chi connectivity index (χ4v) is 2.12. The smallest absolute Gasteiger partial charge is 0.222 e. The van der Waals surface area contributed by atoms with Crippen molar-refractivity contribution >= 4 is 5.91 Å². The summed E-state index contributed by atoms with van der Waals surface area (Å²) in [6.07, 6.45) is 3.95. The minimum absolute atomic E-state index is 0.0356. The van der Waals surface area contributed by atoms with Crippen LogP contribution >= 0.6 is 0 Å². The first-order valence-electron chi connectivity index (χ1n) is 6.98. The molecule has 0 aliphatic heterocycles. The van der Waals surface area contributed by atoms with Crippen LogP contribution in [0, 0.1) is 12.8 Å². The Morgan fingerprint density at radius 2 is 2.19 bits per heavy atom. The maximum Gasteiger partial charge on any atom is 0.222 e. The van der Waals surface area contributed by atoms with E-state index in [0.717, 1.165) is 5.82 Å². The Labute approximate surface area is 123 Å². The molecule has 2 rings (SSSR count). The lowest BCUT2D eigenvalue weighted by atomic mass is 10.0. The number of nitrogens with zero attached hydrogens (tertiary/aromatic N) is 6. The maximum atomic E-state index is 12.1. The van der Waals surface area contributed by atoms with Crippen molar-refractivity contribution in [1.29, 1.82) is 0 Å². The van der Waals surface area contributed by atoms with Crippen molar-refractivity contribution in [3.05, 3.63) is 24.0 Å². The third kappa shape index (κ3) is 3.65. The number of hydrogen-bond acceptors (Lipinski definition) is 5. The van der Waals surface area contributed by atoms with E-state index in [0.29, 0.717) is 18.8 Å². The molecule has 21 heavy (non-hydrogen) atoms. The molecule has 1 N–H and O–H groups in total. The van der Waals surface area contributed by atoms with Gasteiger partial charge in [0.1, 0.15) is 11.6 Å². The monoisotopic (exact) mass is 291 g/mol. The van der Waals surface area contributed by atoms with E-state index in [1.165, 1.54) is 0 Å². The second kappa shape index (κ2) is 6.47. The highest BCUT2D eigenvalue weighted by molar-refractivity contribution is 5.76. The van der Waals surface area contributed by atoms with Crippen LogP contribution in [0.5, 0.6) is 0 Å². The highest BCUT2D eigenvalue weighted by atomic mass is 16.1. The Bertz CT molecular complexity index is 601. The summed E-state index contributed by atoms with van der Waals surface area (Å²) in [5.41, 5.74) is 0. The average molecular weight is 291 g/mol. The molecule has 0 spiro atoms. The van der Waals surface area contributed by atoms with Crippen LogP contribution in [0.1, 0.15) is 38.0 Å². The Morgan fingerprint density at radius 3 is 2.71 bits per heavy atom. The number of amides is 1. The van der Waals surface area contributed by atoms with Gasteiger partial charge in [-0.3, -0.25) is 4.79 Å². The van der Waals surface area contributed by atoms with E-state index in [1.807, 2.05) is 24.7 Å². The quantitative estimate of drug-likeness (QED) is 0.842. The van der Waals surface area contributed by atoms with Crippen LogP contribution in [0.25, 0.3) is 0 Å². The molecule has 114 valence electrons. The topological polar surface area (TPSA) is 90.5 Å². The van der Waals surface area contributed by atoms with Gasteiger partial charge in [-0.1, -0.05) is 13.8 Å². The molecule has 8 heteroatoms. The van der Waals surface area contributed by atoms with Gasteiger partial charge >= 0.3 is 0 Å². The first-order chi connectivity index (χ1) is 9.99. The minimum atomic E-state index is -0.104. The van der Waals surface area contributed by atoms with Gasteiger partial charge in [-0.15, -0.1) is 5.10 Å². The SMILES string of the molecule is Cc1nnnn1CCC(=O)N[C@H](c1nccn1C)C(C)C. The second-order valence-electron chi connectivity index (χ2n) is 5.38. The van der Waals surface area contributed by atoms with Gasteiger partial charge in [-0.2, -0.15) is 0 Å². The summed E-state index contributed by atoms with van der Waals surface area (Å²) in [4.78, 5) is 16.5. The van der Waals surface area contributed by atoms with Crippen molar-refractivity contribution < 1.29 is 4.79 Å². The van der Waals surface area contributed by atoms with Crippen molar-refractivity contribution in [2.75, 3.05) is 0 Å². The molecule has 0 unspecified atom stereocenters. The number of aromatic nitrogens is 6. The normalized spacial score (nSPS) is 12.6. The van der Waals surface area contributed by atoms with Crippen LogP contribution in [-0.4, -0.2) is 35.7 Å². The molecule has 1 atom stereocenters. The Morgan fingerprint density at radius 1 is 1.43 bits per heavy atom. The zero-order chi connectivity index (χ0) is 15.4. The molecule has 0 saturated heterocycles. The third-order valence-electron chi connectivity index (χ3n) is 3.38. The molecule has 2 aromatic rings. The molecule has 2 aromatic heterocycles. The van der Waals surface area contributed by atoms with Crippen LogP contribution in [-0.2, 0) is 18.4 Å². The van der Waals surface area contributed by atoms with E-state index in [1.54, 1.807) is 10.9 Å². The van der Waals surface area contributed by atoms with Gasteiger partial charge in [0.15, 0.2) is 0 Å². The summed E-state index contributed by atoms with van der Waals surface area (Å²) < 4.78 is 3.54. The van der Waals surface area contributed by atoms with Crippen LogP contribution in [0.2, 0.25) is 0 Å². The van der Waals surface area contributed by atoms with E-state index in [9.17, 15) is 4.79 Å². The summed E-state index contributed by atoms with van der Waals surface area (Å²) in [5, 5.41) is 14.2. The molecule has 0 radical (unpaired) electrons. The van der Waals surface area contributed by atoms with Gasteiger partial charge in [-0.05, 0) is 23.3 Å². The molecular formula is C13H21N7O. The van der Waals surface area contributed by atoms with E-state index < -0.39 is 0 Å². The summed E-state index contributed by atoms with van der Waals surface area (Å²) in [6, 6.07) is -0.104. The van der Waals surface area contributed by atoms with Gasteiger partial charge in [-0.25, -0.2) is 9.67 Å². The number of tetrazole rings is 1. The molecule has 0 bridgehead atoms. The maximum absolute atomic E-state index is 12.1. The van der Waals surface area contributed by atoms with Crippen molar-refractivity contribution in [2.24, 2.45) is 13.0 Å². The zero-order valence-electron chi connectivity index (χ0n) is 12.8. The van der Waals surface area contributed by atoms with E-state index in [2.05, 4.69) is 39.7 Å². The molecule has 0 saturated carbocycles. The zero-order valence-corrected chi connectivity index (χ0v) is 12.8. The highest BCUT2D eigenvalue weighted by Crippen LogP contribution is 2.19. The lowest BCUT2D eigenvalue weighted by Crippen LogP contribution is -2.34. The van der Waals surface area contributed by atoms with Gasteiger partial charge in [0.25, 0.3) is 0 Å². The summed E-state index contributed by atoms with van der Waals surface area (Å²) in [5.74, 6) is 1.78. The van der Waals surface area contributed by atoms with Crippen LogP contribution in [0.3, 0.4) is 0 Å². The number of carbonyl (C=O) groups excluding carboxylic acids is 1. The molecule has 2 heterocycles. The lowest BCUT2D eigenvalue weighted by molar-refractivity contribution is -0.122. The average Bonchev–Trinajstić information content (AvgIpc) is 3.02. The van der Waals surface area contributed by atoms with E-state index in [4.69, 9.17) is 0 Å². The largest absolute Gasteiger partial charge is 0.346 e. The van der Waals surface area contributed by atoms with Crippen molar-refractivity contribution in [3.8, 4) is 0 Å². The molecule has 0 aromatic carbocycles. The Kier molecular flexibility index (Phi) is 4.66. The highest BCUT2D eigenvalue weighted by Gasteiger charge is 2.21. The molecule has 1 amide bonds. The summed E-state index contributed by atoms with van der Waals surface area (Å²) in [7, 11) is 1.92. The fourth-order valence-electron chi connectivity index (χ4n) is 2.12. The predicted octanol–water partition coefficient (Wildman–Crippen LogP) is 0.619. The summed E-state index contributed by atoms with van der Waals surface area (Å²) >= 11 is 0. The fraction of sp³-hybridized carbons (Fsp3) is 0.615. The molecular weight excluding hydrogens is 270 g/mol. The standard InChI is InChI=1S/C13H21N7O/c1-9(2)12(13-14-6-8-19(13)4)15-11(21)5-7-20-10(3)16-17-18-20/h6,8-9,12H,5,7H2,1-4H3,(H,15,21)/t12-/m0/s1. The molecule has 0 fully saturated rings. The number of nitrogens with one attached hydrogen (secondary N) is 1. The lowest BCUT2D eigenvalue weighted by Gasteiger charge is -2.22. The van der Waals surface area contributed by atoms with Crippen molar-refractivity contribution in [1.82, 2.24) is 35.1 Å². The first-order valence-corrected chi connectivity index (χ1v) is 6.98. The van der Waals surface area contributed by atoms with Crippen LogP contribution in [0.15, 0.2) is 12.4 Å². The minimum Gasteiger partial charge on any atom is -0.346 e. The third-order valence-corrected chi connectivity index (χ3v) is 3.38. The van der Waals surface area contributed by atoms with Gasteiger partial charge in [0, 0.05) is 25.9 Å². The van der Waals surface area contributed by atoms with Gasteiger partial charge in [0.2, 0.25) is 5.91 Å². The Hall–Kier alpha value is -2.25.